The van der Waals surface area contributed by atoms with E-state index in [1.807, 2.05) is 0 Å². The van der Waals surface area contributed by atoms with Crippen LogP contribution < -0.4 is 5.56 Å². The van der Waals surface area contributed by atoms with Crippen LogP contribution in [0.3, 0.4) is 0 Å². The van der Waals surface area contributed by atoms with Gasteiger partial charge in [0.05, 0.1) is 10.9 Å². The third kappa shape index (κ3) is 2.80. The fraction of sp³-hybridized carbons (Fsp3) is 0.550. The first kappa shape index (κ1) is 17.5. The normalized spacial score (nSPS) is 25.9. The molecule has 1 saturated carbocycles. The van der Waals surface area contributed by atoms with E-state index in [0.717, 1.165) is 19.4 Å². The van der Waals surface area contributed by atoms with Gasteiger partial charge >= 0.3 is 0 Å². The number of likely N-dealkylation sites (tertiary alicyclic amines) is 1. The molecule has 1 aliphatic heterocycles. The minimum atomic E-state index is -0.137. The Bertz CT molecular complexity index is 977. The lowest BCUT2D eigenvalue weighted by Crippen LogP contribution is -2.52. The summed E-state index contributed by atoms with van der Waals surface area (Å²) in [7, 11) is 1.65. The molecular weight excluding hydrogens is 346 g/mol. The zero-order valence-corrected chi connectivity index (χ0v) is 16.1. The van der Waals surface area contributed by atoms with Crippen LogP contribution in [0.4, 0.5) is 0 Å². The Morgan fingerprint density at radius 3 is 2.81 bits per heavy atom. The molecule has 138 valence electrons. The average molecular weight is 372 g/mol. The van der Waals surface area contributed by atoms with Gasteiger partial charge in [0, 0.05) is 25.2 Å². The monoisotopic (exact) mass is 371 g/mol. The Kier molecular flexibility index (Phi) is 4.47. The van der Waals surface area contributed by atoms with Gasteiger partial charge in [0.2, 0.25) is 0 Å². The first-order chi connectivity index (χ1) is 12.5. The van der Waals surface area contributed by atoms with Crippen molar-refractivity contribution in [1.29, 1.82) is 0 Å². The van der Waals surface area contributed by atoms with E-state index in [1.165, 1.54) is 23.8 Å². The fourth-order valence-corrected chi connectivity index (χ4v) is 4.96. The van der Waals surface area contributed by atoms with E-state index in [0.29, 0.717) is 39.1 Å². The largest absolute Gasteiger partial charge is 0.335 e. The maximum absolute atomic E-state index is 13.2. The quantitative estimate of drug-likeness (QED) is 0.779. The highest BCUT2D eigenvalue weighted by atomic mass is 32.1. The van der Waals surface area contributed by atoms with Gasteiger partial charge in [-0.15, -0.1) is 0 Å². The molecule has 1 amide bonds. The number of nitrogens with one attached hydrogen (secondary N) is 1. The molecular formula is C20H25N3O2S. The number of benzene rings is 1. The molecule has 2 aromatic rings. The third-order valence-electron chi connectivity index (χ3n) is 6.35. The summed E-state index contributed by atoms with van der Waals surface area (Å²) in [6.07, 6.45) is 5.90. The molecule has 0 bridgehead atoms. The number of rotatable bonds is 1. The lowest BCUT2D eigenvalue weighted by Gasteiger charge is -2.47. The molecule has 1 N–H and O–H groups in total. The highest BCUT2D eigenvalue weighted by molar-refractivity contribution is 7.71. The summed E-state index contributed by atoms with van der Waals surface area (Å²) in [6.45, 7) is 3.16. The minimum absolute atomic E-state index is 0.0793. The number of fused-ring (bicyclic) bond motifs is 2. The second-order valence-corrected chi connectivity index (χ2v) is 8.22. The van der Waals surface area contributed by atoms with Crippen molar-refractivity contribution in [3.05, 3.63) is 38.9 Å². The topological polar surface area (TPSA) is 58.1 Å². The molecule has 0 radical (unpaired) electrons. The van der Waals surface area contributed by atoms with E-state index < -0.39 is 0 Å². The SMILES string of the molecule is C[C@@H]1CCN(C(=O)c2ccc3c(=O)n(C)c(=S)[nH]c3c2)[C@H]2CCCC[C@H]12. The summed E-state index contributed by atoms with van der Waals surface area (Å²) < 4.78 is 1.78. The first-order valence-corrected chi connectivity index (χ1v) is 9.92. The lowest BCUT2D eigenvalue weighted by molar-refractivity contribution is 0.0218. The third-order valence-corrected chi connectivity index (χ3v) is 6.72. The molecule has 1 saturated heterocycles. The number of nitrogens with zero attached hydrogens (tertiary/aromatic N) is 2. The predicted octanol–water partition coefficient (Wildman–Crippen LogP) is 3.64. The summed E-state index contributed by atoms with van der Waals surface area (Å²) in [5.41, 5.74) is 1.13. The van der Waals surface area contributed by atoms with Crippen LogP contribution in [0.2, 0.25) is 0 Å². The first-order valence-electron chi connectivity index (χ1n) is 9.51. The Labute approximate surface area is 158 Å². The molecule has 2 aliphatic rings. The zero-order chi connectivity index (χ0) is 18.4. The summed E-state index contributed by atoms with van der Waals surface area (Å²) in [4.78, 5) is 30.7. The summed E-state index contributed by atoms with van der Waals surface area (Å²) >= 11 is 5.20. The average Bonchev–Trinajstić information content (AvgIpc) is 2.66. The number of hydrogen-bond acceptors (Lipinski definition) is 3. The number of H-pyrrole nitrogens is 1. The van der Waals surface area contributed by atoms with Gasteiger partial charge in [0.15, 0.2) is 4.77 Å². The molecule has 6 heteroatoms. The number of aromatic nitrogens is 2. The maximum Gasteiger partial charge on any atom is 0.261 e. The number of carbonyl (C=O) groups excluding carboxylic acids is 1. The van der Waals surface area contributed by atoms with Gasteiger partial charge in [-0.3, -0.25) is 14.2 Å². The molecule has 0 unspecified atom stereocenters. The Hall–Kier alpha value is -1.95. The standard InChI is InChI=1S/C20H25N3O2S/c1-12-9-10-23(17-6-4-3-5-14(12)17)18(24)13-7-8-15-16(11-13)21-20(26)22(2)19(15)25/h7-8,11-12,14,17H,3-6,9-10H2,1-2H3,(H,21,26)/t12-,14-,17+/m1/s1. The van der Waals surface area contributed by atoms with Gasteiger partial charge in [-0.05, 0) is 61.5 Å². The van der Waals surface area contributed by atoms with Crippen molar-refractivity contribution < 1.29 is 4.79 Å². The van der Waals surface area contributed by atoms with Crippen LogP contribution in [-0.4, -0.2) is 32.9 Å². The van der Waals surface area contributed by atoms with Crippen molar-refractivity contribution in [1.82, 2.24) is 14.5 Å². The molecule has 3 atom stereocenters. The van der Waals surface area contributed by atoms with Crippen molar-refractivity contribution in [3.63, 3.8) is 0 Å². The second-order valence-electron chi connectivity index (χ2n) is 7.83. The summed E-state index contributed by atoms with van der Waals surface area (Å²) in [6, 6.07) is 5.66. The smallest absolute Gasteiger partial charge is 0.261 e. The molecule has 26 heavy (non-hydrogen) atoms. The number of piperidine rings is 1. The van der Waals surface area contributed by atoms with E-state index in [2.05, 4.69) is 16.8 Å². The van der Waals surface area contributed by atoms with Crippen molar-refractivity contribution in [3.8, 4) is 0 Å². The van der Waals surface area contributed by atoms with Crippen molar-refractivity contribution in [2.45, 2.75) is 45.1 Å². The highest BCUT2D eigenvalue weighted by Gasteiger charge is 2.39. The van der Waals surface area contributed by atoms with Crippen molar-refractivity contribution in [2.24, 2.45) is 18.9 Å². The molecule has 2 heterocycles. The van der Waals surface area contributed by atoms with E-state index in [1.54, 1.807) is 25.2 Å². The molecule has 2 fully saturated rings. The van der Waals surface area contributed by atoms with Crippen LogP contribution in [0.15, 0.2) is 23.0 Å². The highest BCUT2D eigenvalue weighted by Crippen LogP contribution is 2.39. The second kappa shape index (κ2) is 6.65. The van der Waals surface area contributed by atoms with Crippen LogP contribution in [0.1, 0.15) is 49.4 Å². The van der Waals surface area contributed by atoms with Gasteiger partial charge in [0.1, 0.15) is 0 Å². The Morgan fingerprint density at radius 1 is 1.23 bits per heavy atom. The Morgan fingerprint density at radius 2 is 2.00 bits per heavy atom. The molecule has 0 spiro atoms. The molecule has 1 aromatic carbocycles. The fourth-order valence-electron chi connectivity index (χ4n) is 4.77. The van der Waals surface area contributed by atoms with Crippen LogP contribution in [0.25, 0.3) is 10.9 Å². The molecule has 4 rings (SSSR count). The number of aromatic amines is 1. The van der Waals surface area contributed by atoms with Gasteiger partial charge in [-0.1, -0.05) is 19.8 Å². The van der Waals surface area contributed by atoms with Crippen LogP contribution in [0.5, 0.6) is 0 Å². The van der Waals surface area contributed by atoms with E-state index in [9.17, 15) is 9.59 Å². The predicted molar refractivity (Wildman–Crippen MR) is 105 cm³/mol. The minimum Gasteiger partial charge on any atom is -0.335 e. The van der Waals surface area contributed by atoms with E-state index in [4.69, 9.17) is 12.2 Å². The number of amides is 1. The lowest BCUT2D eigenvalue weighted by atomic mass is 9.72. The van der Waals surface area contributed by atoms with E-state index >= 15 is 0 Å². The van der Waals surface area contributed by atoms with Gasteiger partial charge in [0.25, 0.3) is 11.5 Å². The van der Waals surface area contributed by atoms with Gasteiger partial charge in [-0.25, -0.2) is 0 Å². The van der Waals surface area contributed by atoms with Crippen LogP contribution in [-0.2, 0) is 7.05 Å². The zero-order valence-electron chi connectivity index (χ0n) is 15.3. The van der Waals surface area contributed by atoms with E-state index in [-0.39, 0.29) is 11.5 Å². The van der Waals surface area contributed by atoms with Crippen molar-refractivity contribution in [2.75, 3.05) is 6.54 Å². The molecule has 1 aliphatic carbocycles. The van der Waals surface area contributed by atoms with Gasteiger partial charge in [-0.2, -0.15) is 0 Å². The number of hydrogen-bond donors (Lipinski definition) is 1. The van der Waals surface area contributed by atoms with Crippen LogP contribution >= 0.6 is 12.2 Å². The number of carbonyl (C=O) groups is 1. The summed E-state index contributed by atoms with van der Waals surface area (Å²) in [5.74, 6) is 1.40. The van der Waals surface area contributed by atoms with Crippen LogP contribution in [0, 0.1) is 16.6 Å². The summed E-state index contributed by atoms with van der Waals surface area (Å²) in [5, 5.41) is 0.556. The van der Waals surface area contributed by atoms with Gasteiger partial charge < -0.3 is 9.88 Å². The van der Waals surface area contributed by atoms with Crippen molar-refractivity contribution >= 4 is 29.0 Å². The maximum atomic E-state index is 13.2. The molecule has 1 aromatic heterocycles. The molecule has 5 nitrogen and oxygen atoms in total. The Balaban J connectivity index is 1.71.